The summed E-state index contributed by atoms with van der Waals surface area (Å²) >= 11 is 2.89. The summed E-state index contributed by atoms with van der Waals surface area (Å²) in [5.74, 6) is 0.254. The molecule has 0 aliphatic carbocycles. The van der Waals surface area contributed by atoms with Gasteiger partial charge in [-0.25, -0.2) is 9.79 Å². The summed E-state index contributed by atoms with van der Waals surface area (Å²) in [6.07, 6.45) is 1.88. The van der Waals surface area contributed by atoms with Crippen molar-refractivity contribution in [3.8, 4) is 5.75 Å². The summed E-state index contributed by atoms with van der Waals surface area (Å²) in [6, 6.07) is 14.9. The highest BCUT2D eigenvalue weighted by atomic mass is 32.1. The summed E-state index contributed by atoms with van der Waals surface area (Å²) in [5, 5.41) is 3.77. The second-order valence-corrected chi connectivity index (χ2v) is 9.71. The van der Waals surface area contributed by atoms with E-state index in [1.807, 2.05) is 60.0 Å². The molecule has 6 nitrogen and oxygen atoms in total. The quantitative estimate of drug-likeness (QED) is 0.396. The van der Waals surface area contributed by atoms with Gasteiger partial charge >= 0.3 is 5.97 Å². The number of allylic oxidation sites excluding steroid dienone is 1. The molecule has 0 unspecified atom stereocenters. The molecule has 0 radical (unpaired) electrons. The summed E-state index contributed by atoms with van der Waals surface area (Å²) < 4.78 is 13.2. The summed E-state index contributed by atoms with van der Waals surface area (Å²) in [4.78, 5) is 33.0. The Morgan fingerprint density at radius 1 is 1.15 bits per heavy atom. The van der Waals surface area contributed by atoms with E-state index in [0.717, 1.165) is 27.0 Å². The van der Waals surface area contributed by atoms with Crippen LogP contribution in [0.1, 0.15) is 30.3 Å². The van der Waals surface area contributed by atoms with Gasteiger partial charge in [-0.15, -0.1) is 11.3 Å². The van der Waals surface area contributed by atoms with Crippen LogP contribution in [0.15, 0.2) is 75.0 Å². The van der Waals surface area contributed by atoms with Gasteiger partial charge in [-0.05, 0) is 48.4 Å². The molecule has 4 aromatic rings. The number of rotatable bonds is 5. The number of aromatic nitrogens is 1. The van der Waals surface area contributed by atoms with Crippen molar-refractivity contribution in [1.29, 1.82) is 0 Å². The van der Waals surface area contributed by atoms with Crippen molar-refractivity contribution in [3.63, 3.8) is 0 Å². The number of thiazole rings is 1. The Bertz CT molecular complexity index is 1610. The van der Waals surface area contributed by atoms with E-state index in [1.165, 1.54) is 11.3 Å². The van der Waals surface area contributed by atoms with Gasteiger partial charge in [-0.3, -0.25) is 9.36 Å². The van der Waals surface area contributed by atoms with E-state index in [1.54, 1.807) is 36.9 Å². The lowest BCUT2D eigenvalue weighted by molar-refractivity contribution is -0.139. The molecule has 8 heteroatoms. The van der Waals surface area contributed by atoms with Gasteiger partial charge in [-0.1, -0.05) is 47.7 Å². The molecule has 34 heavy (non-hydrogen) atoms. The second kappa shape index (κ2) is 9.04. The molecule has 0 saturated carbocycles. The highest BCUT2D eigenvalue weighted by molar-refractivity contribution is 7.11. The Balaban J connectivity index is 1.83. The Labute approximate surface area is 203 Å². The number of esters is 1. The number of hydrogen-bond donors (Lipinski definition) is 0. The van der Waals surface area contributed by atoms with E-state index >= 15 is 0 Å². The average Bonchev–Trinajstić information content (AvgIpc) is 3.45. The molecule has 1 aliphatic rings. The van der Waals surface area contributed by atoms with Gasteiger partial charge < -0.3 is 9.47 Å². The van der Waals surface area contributed by atoms with Crippen LogP contribution in [0, 0.1) is 0 Å². The Hall–Kier alpha value is -3.49. The zero-order valence-electron chi connectivity index (χ0n) is 18.9. The highest BCUT2D eigenvalue weighted by Gasteiger charge is 2.34. The van der Waals surface area contributed by atoms with Crippen LogP contribution in [0.3, 0.4) is 0 Å². The minimum atomic E-state index is -0.670. The van der Waals surface area contributed by atoms with Crippen LogP contribution in [0.5, 0.6) is 5.75 Å². The van der Waals surface area contributed by atoms with E-state index in [0.29, 0.717) is 20.6 Å². The van der Waals surface area contributed by atoms with Gasteiger partial charge in [0.2, 0.25) is 0 Å². The highest BCUT2D eigenvalue weighted by Crippen LogP contribution is 2.37. The van der Waals surface area contributed by atoms with Crippen LogP contribution in [0.4, 0.5) is 0 Å². The van der Waals surface area contributed by atoms with Crippen molar-refractivity contribution >= 4 is 45.5 Å². The average molecular weight is 491 g/mol. The fraction of sp³-hybridized carbons (Fsp3) is 0.192. The lowest BCUT2D eigenvalue weighted by atomic mass is 9.91. The van der Waals surface area contributed by atoms with Gasteiger partial charge in [0.25, 0.3) is 5.56 Å². The van der Waals surface area contributed by atoms with Crippen molar-refractivity contribution < 1.29 is 14.3 Å². The maximum Gasteiger partial charge on any atom is 0.338 e. The molecule has 0 spiro atoms. The number of benzene rings is 2. The molecule has 0 saturated heterocycles. The third-order valence-electron chi connectivity index (χ3n) is 5.77. The molecule has 0 N–H and O–H groups in total. The minimum Gasteiger partial charge on any atom is -0.496 e. The first-order valence-electron chi connectivity index (χ1n) is 10.8. The van der Waals surface area contributed by atoms with Crippen molar-refractivity contribution in [2.24, 2.45) is 4.99 Å². The molecule has 2 aromatic heterocycles. The van der Waals surface area contributed by atoms with Crippen LogP contribution in [-0.2, 0) is 9.53 Å². The number of carbonyl (C=O) groups is 1. The molecular weight excluding hydrogens is 468 g/mol. The molecule has 0 bridgehead atoms. The second-order valence-electron chi connectivity index (χ2n) is 7.72. The van der Waals surface area contributed by atoms with Crippen molar-refractivity contribution in [3.05, 3.63) is 95.3 Å². The van der Waals surface area contributed by atoms with E-state index < -0.39 is 12.0 Å². The first-order chi connectivity index (χ1) is 16.5. The monoisotopic (exact) mass is 490 g/mol. The van der Waals surface area contributed by atoms with Crippen LogP contribution in [0.25, 0.3) is 16.8 Å². The third-order valence-corrected chi connectivity index (χ3v) is 7.57. The molecule has 172 valence electrons. The van der Waals surface area contributed by atoms with E-state index in [4.69, 9.17) is 9.47 Å². The number of ether oxygens (including phenoxy) is 2. The maximum absolute atomic E-state index is 13.7. The Morgan fingerprint density at radius 2 is 1.94 bits per heavy atom. The summed E-state index contributed by atoms with van der Waals surface area (Å²) in [5.41, 5.74) is 1.55. The van der Waals surface area contributed by atoms with Gasteiger partial charge in [0.1, 0.15) is 5.75 Å². The van der Waals surface area contributed by atoms with Gasteiger partial charge in [0, 0.05) is 10.3 Å². The smallest absolute Gasteiger partial charge is 0.338 e. The molecule has 1 aliphatic heterocycles. The van der Waals surface area contributed by atoms with Crippen molar-refractivity contribution in [1.82, 2.24) is 4.57 Å². The first kappa shape index (κ1) is 22.3. The number of hydrogen-bond acceptors (Lipinski definition) is 7. The molecule has 1 atom stereocenters. The van der Waals surface area contributed by atoms with E-state index in [-0.39, 0.29) is 12.2 Å². The topological polar surface area (TPSA) is 69.9 Å². The lowest BCUT2D eigenvalue weighted by Crippen LogP contribution is -2.40. The van der Waals surface area contributed by atoms with Crippen molar-refractivity contribution in [2.45, 2.75) is 19.9 Å². The molecular formula is C26H22N2O4S2. The third kappa shape index (κ3) is 3.69. The summed E-state index contributed by atoms with van der Waals surface area (Å²) in [6.45, 7) is 3.79. The van der Waals surface area contributed by atoms with Gasteiger partial charge in [0.05, 0.1) is 35.6 Å². The fourth-order valence-electron chi connectivity index (χ4n) is 4.30. The minimum absolute atomic E-state index is 0.184. The Kier molecular flexibility index (Phi) is 5.93. The number of methoxy groups -OCH3 is 1. The van der Waals surface area contributed by atoms with Crippen LogP contribution in [0.2, 0.25) is 0 Å². The SMILES string of the molecule is CCOC(=O)C1=C(C)N=c2s/c(=C/c3cccs3)c(=O)n2[C@@H]1c1ccc(OC)c2ccccc12. The van der Waals surface area contributed by atoms with Crippen molar-refractivity contribution in [2.75, 3.05) is 13.7 Å². The number of carbonyl (C=O) groups excluding carboxylic acids is 1. The van der Waals surface area contributed by atoms with Crippen LogP contribution in [-0.4, -0.2) is 24.3 Å². The van der Waals surface area contributed by atoms with E-state index in [9.17, 15) is 9.59 Å². The Morgan fingerprint density at radius 3 is 2.65 bits per heavy atom. The number of thiophene rings is 1. The summed E-state index contributed by atoms with van der Waals surface area (Å²) in [7, 11) is 1.63. The molecule has 3 heterocycles. The molecule has 0 fully saturated rings. The predicted octanol–water partition coefficient (Wildman–Crippen LogP) is 4.02. The van der Waals surface area contributed by atoms with Gasteiger partial charge in [-0.2, -0.15) is 0 Å². The zero-order chi connectivity index (χ0) is 23.8. The number of fused-ring (bicyclic) bond motifs is 2. The predicted molar refractivity (Wildman–Crippen MR) is 135 cm³/mol. The standard InChI is InChI=1S/C26H22N2O4S2/c1-4-32-25(30)22-15(2)27-26-28(24(29)21(34-26)14-16-8-7-13-33-16)23(22)19-11-12-20(31-3)18-10-6-5-9-17(18)19/h5-14,23H,4H2,1-3H3/b21-14+/t23-/m1/s1. The van der Waals surface area contributed by atoms with E-state index in [2.05, 4.69) is 4.99 Å². The number of nitrogens with zero attached hydrogens (tertiary/aromatic N) is 2. The lowest BCUT2D eigenvalue weighted by Gasteiger charge is -2.26. The fourth-order valence-corrected chi connectivity index (χ4v) is 6.07. The maximum atomic E-state index is 13.7. The first-order valence-corrected chi connectivity index (χ1v) is 12.5. The molecule has 5 rings (SSSR count). The van der Waals surface area contributed by atoms with Crippen LogP contribution >= 0.6 is 22.7 Å². The normalized spacial score (nSPS) is 15.9. The molecule has 2 aromatic carbocycles. The molecule has 0 amide bonds. The largest absolute Gasteiger partial charge is 0.496 e. The van der Waals surface area contributed by atoms with Gasteiger partial charge in [0.15, 0.2) is 4.80 Å². The zero-order valence-corrected chi connectivity index (χ0v) is 20.5. The van der Waals surface area contributed by atoms with Crippen LogP contribution < -0.4 is 19.6 Å².